The number of rotatable bonds is 1. The zero-order valence-corrected chi connectivity index (χ0v) is 10.6. The quantitative estimate of drug-likeness (QED) is 0.601. The standard InChI is InChI=1S/C15H8F3N3/c1-19-12-4-2-10(3-5-12)13-9-21-7-6-11(15(16,17)18)8-14(21)20-13/h2-9H. The van der Waals surface area contributed by atoms with Gasteiger partial charge in [-0.15, -0.1) is 0 Å². The molecule has 3 nitrogen and oxygen atoms in total. The van der Waals surface area contributed by atoms with Crippen molar-refractivity contribution in [2.24, 2.45) is 0 Å². The van der Waals surface area contributed by atoms with Crippen LogP contribution < -0.4 is 0 Å². The minimum absolute atomic E-state index is 0.231. The third-order valence-electron chi connectivity index (χ3n) is 3.08. The Morgan fingerprint density at radius 1 is 1.10 bits per heavy atom. The van der Waals surface area contributed by atoms with Gasteiger partial charge in [0.05, 0.1) is 17.8 Å². The number of benzene rings is 1. The minimum Gasteiger partial charge on any atom is -0.306 e. The lowest BCUT2D eigenvalue weighted by molar-refractivity contribution is -0.137. The summed E-state index contributed by atoms with van der Waals surface area (Å²) in [6, 6.07) is 8.76. The Morgan fingerprint density at radius 3 is 2.43 bits per heavy atom. The summed E-state index contributed by atoms with van der Waals surface area (Å²) in [6.45, 7) is 6.89. The Bertz CT molecular complexity index is 839. The van der Waals surface area contributed by atoms with Crippen LogP contribution in [0.5, 0.6) is 0 Å². The molecule has 6 heteroatoms. The highest BCUT2D eigenvalue weighted by molar-refractivity contribution is 5.65. The van der Waals surface area contributed by atoms with Gasteiger partial charge in [0.15, 0.2) is 5.69 Å². The predicted octanol–water partition coefficient (Wildman–Crippen LogP) is 4.57. The molecule has 0 amide bonds. The van der Waals surface area contributed by atoms with Crippen molar-refractivity contribution >= 4 is 11.3 Å². The third kappa shape index (κ3) is 2.46. The van der Waals surface area contributed by atoms with Crippen molar-refractivity contribution in [1.82, 2.24) is 9.38 Å². The molecule has 0 aliphatic carbocycles. The van der Waals surface area contributed by atoms with E-state index in [1.54, 1.807) is 30.5 Å². The molecule has 21 heavy (non-hydrogen) atoms. The summed E-state index contributed by atoms with van der Waals surface area (Å²) < 4.78 is 39.5. The van der Waals surface area contributed by atoms with E-state index in [0.717, 1.165) is 17.7 Å². The SMILES string of the molecule is [C-]#[N+]c1ccc(-c2cn3ccc(C(F)(F)F)cc3n2)cc1. The summed E-state index contributed by atoms with van der Waals surface area (Å²) in [5.41, 5.74) is 1.32. The topological polar surface area (TPSA) is 21.7 Å². The number of alkyl halides is 3. The van der Waals surface area contributed by atoms with E-state index in [1.807, 2.05) is 0 Å². The van der Waals surface area contributed by atoms with E-state index in [2.05, 4.69) is 9.83 Å². The number of nitrogens with zero attached hydrogens (tertiary/aromatic N) is 3. The maximum absolute atomic E-state index is 12.7. The normalized spacial score (nSPS) is 11.5. The van der Waals surface area contributed by atoms with Crippen molar-refractivity contribution in [3.8, 4) is 11.3 Å². The van der Waals surface area contributed by atoms with Crippen LogP contribution in [0.15, 0.2) is 48.8 Å². The van der Waals surface area contributed by atoms with Crippen LogP contribution >= 0.6 is 0 Å². The van der Waals surface area contributed by atoms with Crippen LogP contribution in [0.4, 0.5) is 18.9 Å². The van der Waals surface area contributed by atoms with Crippen molar-refractivity contribution in [3.05, 3.63) is 65.8 Å². The summed E-state index contributed by atoms with van der Waals surface area (Å²) in [7, 11) is 0. The maximum Gasteiger partial charge on any atom is 0.416 e. The first-order valence-electron chi connectivity index (χ1n) is 6.01. The van der Waals surface area contributed by atoms with Gasteiger partial charge < -0.3 is 4.40 Å². The molecule has 2 heterocycles. The second kappa shape index (κ2) is 4.63. The van der Waals surface area contributed by atoms with Crippen LogP contribution in [0, 0.1) is 6.57 Å². The van der Waals surface area contributed by atoms with E-state index in [4.69, 9.17) is 6.57 Å². The summed E-state index contributed by atoms with van der Waals surface area (Å²) in [6.07, 6.45) is -1.39. The molecule has 0 spiro atoms. The summed E-state index contributed by atoms with van der Waals surface area (Å²) >= 11 is 0. The lowest BCUT2D eigenvalue weighted by Gasteiger charge is -2.05. The lowest BCUT2D eigenvalue weighted by Crippen LogP contribution is -2.05. The van der Waals surface area contributed by atoms with E-state index in [-0.39, 0.29) is 5.65 Å². The van der Waals surface area contributed by atoms with Gasteiger partial charge >= 0.3 is 6.18 Å². The second-order valence-electron chi connectivity index (χ2n) is 4.46. The van der Waals surface area contributed by atoms with Gasteiger partial charge in [0.25, 0.3) is 0 Å². The number of halogens is 3. The molecule has 3 rings (SSSR count). The molecule has 0 saturated heterocycles. The molecule has 0 atom stereocenters. The van der Waals surface area contributed by atoms with Crippen LogP contribution in [-0.2, 0) is 6.18 Å². The van der Waals surface area contributed by atoms with E-state index in [0.29, 0.717) is 11.4 Å². The molecule has 2 aromatic heterocycles. The molecular weight excluding hydrogens is 279 g/mol. The lowest BCUT2D eigenvalue weighted by atomic mass is 10.1. The van der Waals surface area contributed by atoms with Crippen molar-refractivity contribution in [2.45, 2.75) is 6.18 Å². The monoisotopic (exact) mass is 287 g/mol. The molecule has 0 aliphatic rings. The highest BCUT2D eigenvalue weighted by Crippen LogP contribution is 2.30. The minimum atomic E-state index is -4.38. The number of aromatic nitrogens is 2. The Balaban J connectivity index is 2.06. The molecule has 104 valence electrons. The average molecular weight is 287 g/mol. The van der Waals surface area contributed by atoms with Crippen LogP contribution in [0.1, 0.15) is 5.56 Å². The Hall–Kier alpha value is -2.81. The summed E-state index contributed by atoms with van der Waals surface area (Å²) in [4.78, 5) is 7.48. The Labute approximate surface area is 118 Å². The molecule has 0 saturated carbocycles. The number of pyridine rings is 1. The Morgan fingerprint density at radius 2 is 1.81 bits per heavy atom. The first-order chi connectivity index (χ1) is 9.97. The first kappa shape index (κ1) is 13.2. The van der Waals surface area contributed by atoms with Crippen LogP contribution in [0.2, 0.25) is 0 Å². The van der Waals surface area contributed by atoms with Gasteiger partial charge in [-0.25, -0.2) is 9.83 Å². The first-order valence-corrected chi connectivity index (χ1v) is 6.01. The fourth-order valence-corrected chi connectivity index (χ4v) is 2.00. The molecule has 0 unspecified atom stereocenters. The molecule has 0 aliphatic heterocycles. The van der Waals surface area contributed by atoms with Gasteiger partial charge in [0.2, 0.25) is 0 Å². The Kier molecular flexibility index (Phi) is 2.91. The van der Waals surface area contributed by atoms with Crippen molar-refractivity contribution in [2.75, 3.05) is 0 Å². The van der Waals surface area contributed by atoms with Crippen LogP contribution in [-0.4, -0.2) is 9.38 Å². The van der Waals surface area contributed by atoms with Gasteiger partial charge in [0.1, 0.15) is 5.65 Å². The molecule has 0 N–H and O–H groups in total. The molecule has 0 fully saturated rings. The molecule has 1 aromatic carbocycles. The zero-order chi connectivity index (χ0) is 15.0. The second-order valence-corrected chi connectivity index (χ2v) is 4.46. The largest absolute Gasteiger partial charge is 0.416 e. The number of hydrogen-bond acceptors (Lipinski definition) is 1. The van der Waals surface area contributed by atoms with Crippen LogP contribution in [0.25, 0.3) is 21.7 Å². The van der Waals surface area contributed by atoms with Gasteiger partial charge in [-0.05, 0) is 17.7 Å². The maximum atomic E-state index is 12.7. The smallest absolute Gasteiger partial charge is 0.306 e. The van der Waals surface area contributed by atoms with Crippen molar-refractivity contribution < 1.29 is 13.2 Å². The van der Waals surface area contributed by atoms with E-state index < -0.39 is 11.7 Å². The van der Waals surface area contributed by atoms with E-state index in [9.17, 15) is 13.2 Å². The zero-order valence-electron chi connectivity index (χ0n) is 10.6. The van der Waals surface area contributed by atoms with Gasteiger partial charge in [-0.1, -0.05) is 24.3 Å². The third-order valence-corrected chi connectivity index (χ3v) is 3.08. The van der Waals surface area contributed by atoms with Gasteiger partial charge in [0, 0.05) is 12.4 Å². The number of imidazole rings is 1. The fraction of sp³-hybridized carbons (Fsp3) is 0.0667. The molecule has 0 bridgehead atoms. The van der Waals surface area contributed by atoms with Gasteiger partial charge in [-0.3, -0.25) is 0 Å². The van der Waals surface area contributed by atoms with Crippen LogP contribution in [0.3, 0.4) is 0 Å². The summed E-state index contributed by atoms with van der Waals surface area (Å²) in [5, 5.41) is 0. The summed E-state index contributed by atoms with van der Waals surface area (Å²) in [5.74, 6) is 0. The average Bonchev–Trinajstić information content (AvgIpc) is 2.89. The van der Waals surface area contributed by atoms with Crippen molar-refractivity contribution in [1.29, 1.82) is 0 Å². The van der Waals surface area contributed by atoms with Crippen molar-refractivity contribution in [3.63, 3.8) is 0 Å². The number of hydrogen-bond donors (Lipinski definition) is 0. The van der Waals surface area contributed by atoms with Gasteiger partial charge in [-0.2, -0.15) is 13.2 Å². The highest BCUT2D eigenvalue weighted by Gasteiger charge is 2.30. The molecule has 3 aromatic rings. The highest BCUT2D eigenvalue weighted by atomic mass is 19.4. The molecular formula is C15H8F3N3. The van der Waals surface area contributed by atoms with E-state index >= 15 is 0 Å². The predicted molar refractivity (Wildman–Crippen MR) is 71.9 cm³/mol. The fourth-order valence-electron chi connectivity index (χ4n) is 2.00. The molecule has 0 radical (unpaired) electrons. The number of fused-ring (bicyclic) bond motifs is 1. The van der Waals surface area contributed by atoms with E-state index in [1.165, 1.54) is 10.6 Å².